The highest BCUT2D eigenvalue weighted by Crippen LogP contribution is 2.34. The quantitative estimate of drug-likeness (QED) is 0.236. The SMILES string of the molecule is N#CC(C#N)=C(/C=C/c1ccc(N(c2ccccc2)c2ccccc2)cc1)c1ccccc1. The molecule has 0 fully saturated rings. The maximum Gasteiger partial charge on any atom is 0.137 e. The molecule has 0 aliphatic heterocycles. The highest BCUT2D eigenvalue weighted by Gasteiger charge is 2.11. The average molecular weight is 424 g/mol. The maximum atomic E-state index is 9.40. The van der Waals surface area contributed by atoms with Crippen LogP contribution < -0.4 is 4.90 Å². The van der Waals surface area contributed by atoms with Gasteiger partial charge in [0.1, 0.15) is 17.7 Å². The van der Waals surface area contributed by atoms with E-state index in [4.69, 9.17) is 0 Å². The van der Waals surface area contributed by atoms with E-state index in [1.807, 2.05) is 103 Å². The largest absolute Gasteiger partial charge is 0.311 e. The Morgan fingerprint density at radius 1 is 0.576 bits per heavy atom. The second-order valence-electron chi connectivity index (χ2n) is 7.31. The van der Waals surface area contributed by atoms with Gasteiger partial charge >= 0.3 is 0 Å². The number of anilines is 3. The number of hydrogen-bond donors (Lipinski definition) is 0. The molecule has 0 radical (unpaired) electrons. The van der Waals surface area contributed by atoms with E-state index in [0.29, 0.717) is 5.57 Å². The molecule has 0 saturated heterocycles. The molecule has 0 amide bonds. The Morgan fingerprint density at radius 3 is 1.52 bits per heavy atom. The minimum absolute atomic E-state index is 0.0911. The van der Waals surface area contributed by atoms with Crippen LogP contribution in [0.3, 0.4) is 0 Å². The average Bonchev–Trinajstić information content (AvgIpc) is 2.89. The topological polar surface area (TPSA) is 50.8 Å². The van der Waals surface area contributed by atoms with Crippen molar-refractivity contribution in [2.45, 2.75) is 0 Å². The predicted octanol–water partition coefficient (Wildman–Crippen LogP) is 7.67. The Labute approximate surface area is 194 Å². The van der Waals surface area contributed by atoms with Crippen molar-refractivity contribution in [3.63, 3.8) is 0 Å². The fourth-order valence-electron chi connectivity index (χ4n) is 3.60. The lowest BCUT2D eigenvalue weighted by molar-refractivity contribution is 1.28. The minimum atomic E-state index is 0.0911. The van der Waals surface area contributed by atoms with Crippen molar-refractivity contribution in [2.75, 3.05) is 4.90 Å². The van der Waals surface area contributed by atoms with Crippen LogP contribution in [0.2, 0.25) is 0 Å². The molecule has 3 nitrogen and oxygen atoms in total. The van der Waals surface area contributed by atoms with Crippen molar-refractivity contribution in [1.82, 2.24) is 0 Å². The molecule has 0 saturated carbocycles. The summed E-state index contributed by atoms with van der Waals surface area (Å²) in [6.45, 7) is 0. The van der Waals surface area contributed by atoms with Crippen LogP contribution in [0.25, 0.3) is 11.6 Å². The summed E-state index contributed by atoms with van der Waals surface area (Å²) < 4.78 is 0. The molecular formula is C30H21N3. The zero-order valence-electron chi connectivity index (χ0n) is 18.0. The third-order valence-corrected chi connectivity index (χ3v) is 5.20. The second-order valence-corrected chi connectivity index (χ2v) is 7.31. The van der Waals surface area contributed by atoms with Crippen molar-refractivity contribution in [3.8, 4) is 12.1 Å². The minimum Gasteiger partial charge on any atom is -0.311 e. The van der Waals surface area contributed by atoms with Crippen molar-refractivity contribution in [3.05, 3.63) is 138 Å². The molecular weight excluding hydrogens is 402 g/mol. The number of allylic oxidation sites excluding steroid dienone is 3. The van der Waals surface area contributed by atoms with Crippen LogP contribution in [0, 0.1) is 22.7 Å². The van der Waals surface area contributed by atoms with Crippen LogP contribution in [0.1, 0.15) is 11.1 Å². The fraction of sp³-hybridized carbons (Fsp3) is 0. The number of nitriles is 2. The first-order valence-electron chi connectivity index (χ1n) is 10.6. The highest BCUT2D eigenvalue weighted by molar-refractivity contribution is 5.85. The summed E-state index contributed by atoms with van der Waals surface area (Å²) in [6.07, 6.45) is 3.76. The van der Waals surface area contributed by atoms with E-state index >= 15 is 0 Å². The van der Waals surface area contributed by atoms with Crippen molar-refractivity contribution in [2.24, 2.45) is 0 Å². The summed E-state index contributed by atoms with van der Waals surface area (Å²) in [5, 5.41) is 18.8. The number of para-hydroxylation sites is 2. The van der Waals surface area contributed by atoms with E-state index in [2.05, 4.69) is 41.3 Å². The predicted molar refractivity (Wildman–Crippen MR) is 135 cm³/mol. The number of hydrogen-bond acceptors (Lipinski definition) is 3. The Hall–Kier alpha value is -4.86. The van der Waals surface area contributed by atoms with Gasteiger partial charge in [0, 0.05) is 22.6 Å². The first-order chi connectivity index (χ1) is 16.3. The Bertz CT molecular complexity index is 1280. The molecule has 0 heterocycles. The smallest absolute Gasteiger partial charge is 0.137 e. The first-order valence-corrected chi connectivity index (χ1v) is 10.6. The Balaban J connectivity index is 1.67. The standard InChI is InChI=1S/C30H21N3/c31-22-26(23-32)30(25-10-4-1-5-11-25)21-18-24-16-19-29(20-17-24)33(27-12-6-2-7-13-27)28-14-8-3-9-15-28/h1-21H/b21-18+. The Kier molecular flexibility index (Phi) is 6.76. The van der Waals surface area contributed by atoms with E-state index in [-0.39, 0.29) is 5.57 Å². The van der Waals surface area contributed by atoms with Gasteiger partial charge in [-0.15, -0.1) is 0 Å². The van der Waals surface area contributed by atoms with E-state index < -0.39 is 0 Å². The van der Waals surface area contributed by atoms with Gasteiger partial charge in [0.25, 0.3) is 0 Å². The van der Waals surface area contributed by atoms with Gasteiger partial charge in [-0.2, -0.15) is 10.5 Å². The van der Waals surface area contributed by atoms with Crippen molar-refractivity contribution in [1.29, 1.82) is 10.5 Å². The van der Waals surface area contributed by atoms with Gasteiger partial charge in [-0.3, -0.25) is 0 Å². The third-order valence-electron chi connectivity index (χ3n) is 5.20. The molecule has 0 N–H and O–H groups in total. The van der Waals surface area contributed by atoms with Gasteiger partial charge in [-0.1, -0.05) is 91.0 Å². The van der Waals surface area contributed by atoms with E-state index in [1.54, 1.807) is 0 Å². The number of benzene rings is 4. The number of nitrogens with zero attached hydrogens (tertiary/aromatic N) is 3. The van der Waals surface area contributed by atoms with Crippen LogP contribution in [0.4, 0.5) is 17.1 Å². The van der Waals surface area contributed by atoms with Gasteiger partial charge < -0.3 is 4.90 Å². The summed E-state index contributed by atoms with van der Waals surface area (Å²) in [7, 11) is 0. The molecule has 4 aromatic carbocycles. The number of rotatable bonds is 6. The summed E-state index contributed by atoms with van der Waals surface area (Å²) in [5.74, 6) is 0. The van der Waals surface area contributed by atoms with Gasteiger partial charge in [0.05, 0.1) is 0 Å². The van der Waals surface area contributed by atoms with Crippen molar-refractivity contribution >= 4 is 28.7 Å². The molecule has 0 atom stereocenters. The normalized spacial score (nSPS) is 10.2. The Morgan fingerprint density at radius 2 is 1.03 bits per heavy atom. The van der Waals surface area contributed by atoms with Crippen LogP contribution in [-0.4, -0.2) is 0 Å². The van der Waals surface area contributed by atoms with Crippen LogP contribution in [-0.2, 0) is 0 Å². The first kappa shape index (κ1) is 21.4. The van der Waals surface area contributed by atoms with E-state index in [1.165, 1.54) is 0 Å². The zero-order chi connectivity index (χ0) is 22.9. The lowest BCUT2D eigenvalue weighted by Crippen LogP contribution is -2.09. The van der Waals surface area contributed by atoms with Gasteiger partial charge in [-0.25, -0.2) is 0 Å². The monoisotopic (exact) mass is 423 g/mol. The molecule has 0 bridgehead atoms. The zero-order valence-corrected chi connectivity index (χ0v) is 18.0. The summed E-state index contributed by atoms with van der Waals surface area (Å²) in [6, 6.07) is 42.2. The van der Waals surface area contributed by atoms with Gasteiger partial charge in [0.2, 0.25) is 0 Å². The van der Waals surface area contributed by atoms with Crippen LogP contribution in [0.5, 0.6) is 0 Å². The molecule has 0 spiro atoms. The maximum absolute atomic E-state index is 9.40. The lowest BCUT2D eigenvalue weighted by Gasteiger charge is -2.25. The van der Waals surface area contributed by atoms with E-state index in [9.17, 15) is 10.5 Å². The molecule has 156 valence electrons. The molecule has 33 heavy (non-hydrogen) atoms. The van der Waals surface area contributed by atoms with E-state index in [0.717, 1.165) is 28.2 Å². The molecule has 0 aromatic heterocycles. The van der Waals surface area contributed by atoms with Gasteiger partial charge in [0.15, 0.2) is 0 Å². The molecule has 4 aromatic rings. The van der Waals surface area contributed by atoms with Crippen molar-refractivity contribution < 1.29 is 0 Å². The fourth-order valence-corrected chi connectivity index (χ4v) is 3.60. The summed E-state index contributed by atoms with van der Waals surface area (Å²) >= 11 is 0. The van der Waals surface area contributed by atoms with Gasteiger partial charge in [-0.05, 0) is 47.5 Å². The molecule has 0 aliphatic carbocycles. The summed E-state index contributed by atoms with van der Waals surface area (Å²) in [5.41, 5.74) is 5.71. The summed E-state index contributed by atoms with van der Waals surface area (Å²) in [4.78, 5) is 2.20. The van der Waals surface area contributed by atoms with Crippen LogP contribution >= 0.6 is 0 Å². The molecule has 3 heteroatoms. The highest BCUT2D eigenvalue weighted by atomic mass is 15.1. The molecule has 0 aliphatic rings. The lowest BCUT2D eigenvalue weighted by atomic mass is 9.99. The van der Waals surface area contributed by atoms with Crippen LogP contribution in [0.15, 0.2) is 127 Å². The molecule has 4 rings (SSSR count). The second kappa shape index (κ2) is 10.4. The third kappa shape index (κ3) is 5.07. The molecule has 0 unspecified atom stereocenters.